The molecule has 1 aromatic heterocycles. The van der Waals surface area contributed by atoms with E-state index >= 15 is 0 Å². The van der Waals surface area contributed by atoms with Gasteiger partial charge in [-0.15, -0.1) is 10.2 Å². The van der Waals surface area contributed by atoms with Gasteiger partial charge in [-0.1, -0.05) is 23.5 Å². The first-order chi connectivity index (χ1) is 16.5. The summed E-state index contributed by atoms with van der Waals surface area (Å²) in [4.78, 5) is 27.7. The second kappa shape index (κ2) is 8.79. The number of benzene rings is 2. The average Bonchev–Trinajstić information content (AvgIpc) is 3.39. The maximum atomic E-state index is 13.2. The quantitative estimate of drug-likeness (QED) is 0.335. The number of carbonyl (C=O) groups excluding carboxylic acids is 2. The van der Waals surface area contributed by atoms with Gasteiger partial charge >= 0.3 is 5.91 Å². The lowest BCUT2D eigenvalue weighted by molar-refractivity contribution is -0.132. The molecule has 0 radical (unpaired) electrons. The van der Waals surface area contributed by atoms with Crippen molar-refractivity contribution in [3.8, 4) is 17.2 Å². The van der Waals surface area contributed by atoms with Gasteiger partial charge in [0, 0.05) is 5.56 Å². The summed E-state index contributed by atoms with van der Waals surface area (Å²) in [7, 11) is 0. The molecule has 0 aliphatic carbocycles. The Balaban J connectivity index is 1.65. The number of hydrogen-bond donors (Lipinski definition) is 1. The molecule has 10 heteroatoms. The highest BCUT2D eigenvalue weighted by Gasteiger charge is 2.48. The van der Waals surface area contributed by atoms with E-state index in [9.17, 15) is 14.7 Å². The summed E-state index contributed by atoms with van der Waals surface area (Å²) in [5.74, 6) is -0.231. The van der Waals surface area contributed by atoms with E-state index in [1.165, 1.54) is 16.2 Å². The summed E-state index contributed by atoms with van der Waals surface area (Å²) in [6.07, 6.45) is 0. The number of Topliss-reactive ketones (excluding diaryl/α,β-unsaturated/α-hetero) is 1. The average molecular weight is 480 g/mol. The zero-order chi connectivity index (χ0) is 23.8. The Bertz CT molecular complexity index is 1300. The van der Waals surface area contributed by atoms with Gasteiger partial charge in [-0.25, -0.2) is 0 Å². The summed E-state index contributed by atoms with van der Waals surface area (Å²) >= 11 is 1.19. The number of hydrogen-bond acceptors (Lipinski definition) is 9. The van der Waals surface area contributed by atoms with Gasteiger partial charge in [-0.3, -0.25) is 14.5 Å². The first-order valence-corrected chi connectivity index (χ1v) is 11.5. The fourth-order valence-corrected chi connectivity index (χ4v) is 4.70. The summed E-state index contributed by atoms with van der Waals surface area (Å²) in [6.45, 7) is 4.96. The molecule has 1 N–H and O–H groups in total. The Kier molecular flexibility index (Phi) is 5.66. The Morgan fingerprint density at radius 3 is 2.53 bits per heavy atom. The zero-order valence-electron chi connectivity index (χ0n) is 18.5. The maximum Gasteiger partial charge on any atom is 0.301 e. The fraction of sp³-hybridized carbons (Fsp3) is 0.250. The van der Waals surface area contributed by atoms with Crippen LogP contribution in [0.2, 0.25) is 0 Å². The van der Waals surface area contributed by atoms with E-state index < -0.39 is 17.7 Å². The van der Waals surface area contributed by atoms with Gasteiger partial charge in [0.2, 0.25) is 5.13 Å². The Labute approximate surface area is 199 Å². The van der Waals surface area contributed by atoms with Crippen molar-refractivity contribution in [2.24, 2.45) is 0 Å². The first-order valence-electron chi connectivity index (χ1n) is 10.7. The number of fused-ring (bicyclic) bond motifs is 1. The third-order valence-corrected chi connectivity index (χ3v) is 6.33. The molecule has 174 valence electrons. The smallest absolute Gasteiger partial charge is 0.301 e. The molecule has 1 amide bonds. The van der Waals surface area contributed by atoms with Gasteiger partial charge in [-0.2, -0.15) is 0 Å². The molecule has 9 nitrogen and oxygen atoms in total. The Morgan fingerprint density at radius 2 is 1.85 bits per heavy atom. The molecule has 5 rings (SSSR count). The minimum Gasteiger partial charge on any atom is -0.507 e. The van der Waals surface area contributed by atoms with Gasteiger partial charge < -0.3 is 19.3 Å². The van der Waals surface area contributed by atoms with Crippen molar-refractivity contribution in [2.45, 2.75) is 19.9 Å². The van der Waals surface area contributed by atoms with Crippen LogP contribution in [0.3, 0.4) is 0 Å². The summed E-state index contributed by atoms with van der Waals surface area (Å²) in [5, 5.41) is 20.3. The molecular formula is C24H21N3O6S. The molecule has 3 heterocycles. The molecule has 2 aliphatic heterocycles. The summed E-state index contributed by atoms with van der Waals surface area (Å²) < 4.78 is 16.7. The third-order valence-electron chi connectivity index (χ3n) is 5.49. The molecule has 2 aliphatic rings. The predicted octanol–water partition coefficient (Wildman–Crippen LogP) is 3.64. The Morgan fingerprint density at radius 1 is 1.12 bits per heavy atom. The second-order valence-corrected chi connectivity index (χ2v) is 8.79. The van der Waals surface area contributed by atoms with Crippen molar-refractivity contribution in [1.82, 2.24) is 10.2 Å². The lowest BCUT2D eigenvalue weighted by Crippen LogP contribution is -2.29. The number of aliphatic hydroxyl groups excluding tert-OH is 1. The molecule has 34 heavy (non-hydrogen) atoms. The van der Waals surface area contributed by atoms with Crippen LogP contribution < -0.4 is 19.1 Å². The molecule has 3 aromatic rings. The van der Waals surface area contributed by atoms with E-state index in [1.54, 1.807) is 49.4 Å². The van der Waals surface area contributed by atoms with Crippen molar-refractivity contribution < 1.29 is 28.9 Å². The fourth-order valence-electron chi connectivity index (χ4n) is 3.99. The van der Waals surface area contributed by atoms with Crippen LogP contribution >= 0.6 is 11.3 Å². The molecule has 1 atom stereocenters. The van der Waals surface area contributed by atoms with E-state index in [0.29, 0.717) is 53.2 Å². The van der Waals surface area contributed by atoms with Crippen LogP contribution in [0.4, 0.5) is 5.13 Å². The van der Waals surface area contributed by atoms with E-state index in [0.717, 1.165) is 0 Å². The summed E-state index contributed by atoms with van der Waals surface area (Å²) in [6, 6.07) is 11.0. The van der Waals surface area contributed by atoms with E-state index in [2.05, 4.69) is 10.2 Å². The number of nitrogens with zero attached hydrogens (tertiary/aromatic N) is 3. The molecule has 0 saturated carbocycles. The van der Waals surface area contributed by atoms with Gasteiger partial charge in [0.15, 0.2) is 11.5 Å². The van der Waals surface area contributed by atoms with Crippen molar-refractivity contribution in [3.05, 3.63) is 64.2 Å². The number of rotatable bonds is 5. The van der Waals surface area contributed by atoms with Crippen molar-refractivity contribution >= 4 is 33.9 Å². The number of aryl methyl sites for hydroxylation is 1. The van der Waals surface area contributed by atoms with Gasteiger partial charge in [0.05, 0.1) is 18.2 Å². The van der Waals surface area contributed by atoms with E-state index in [4.69, 9.17) is 14.2 Å². The monoisotopic (exact) mass is 479 g/mol. The highest BCUT2D eigenvalue weighted by atomic mass is 32.1. The number of ketones is 1. The first kappa shape index (κ1) is 21.9. The molecular weight excluding hydrogens is 458 g/mol. The van der Waals surface area contributed by atoms with Crippen molar-refractivity contribution in [3.63, 3.8) is 0 Å². The molecule has 1 unspecified atom stereocenters. The van der Waals surface area contributed by atoms with Crippen molar-refractivity contribution in [1.29, 1.82) is 0 Å². The summed E-state index contributed by atoms with van der Waals surface area (Å²) in [5.41, 5.74) is 0.917. The normalized spacial score (nSPS) is 18.9. The SMILES string of the molecule is CCOc1ccc(C2/C(=C(/O)c3ccc4c(c3)OCCO4)C(=O)C(=O)N2c2nnc(C)s2)cc1. The molecule has 0 spiro atoms. The van der Waals surface area contributed by atoms with Crippen LogP contribution in [0, 0.1) is 6.92 Å². The predicted molar refractivity (Wildman–Crippen MR) is 124 cm³/mol. The molecule has 0 bridgehead atoms. The highest BCUT2D eigenvalue weighted by Crippen LogP contribution is 2.44. The number of aromatic nitrogens is 2. The number of aliphatic hydroxyl groups is 1. The van der Waals surface area contributed by atoms with E-state index in [-0.39, 0.29) is 16.5 Å². The minimum atomic E-state index is -0.892. The zero-order valence-corrected chi connectivity index (χ0v) is 19.3. The second-order valence-electron chi connectivity index (χ2n) is 7.63. The highest BCUT2D eigenvalue weighted by molar-refractivity contribution is 7.15. The molecule has 1 saturated heterocycles. The maximum absolute atomic E-state index is 13.2. The molecule has 1 fully saturated rings. The standard InChI is InChI=1S/C24H21N3O6S/c1-3-31-16-7-4-14(5-8-16)20-19(22(29)23(30)27(20)24-26-25-13(2)34-24)21(28)15-6-9-17-18(12-15)33-11-10-32-17/h4-9,12,20,28H,3,10-11H2,1-2H3/b21-19-. The Hall–Kier alpha value is -3.92. The topological polar surface area (TPSA) is 111 Å². The van der Waals surface area contributed by atoms with Crippen LogP contribution in [-0.4, -0.2) is 46.8 Å². The van der Waals surface area contributed by atoms with Crippen LogP contribution in [-0.2, 0) is 9.59 Å². The van der Waals surface area contributed by atoms with Crippen LogP contribution in [0.1, 0.15) is 29.1 Å². The number of anilines is 1. The van der Waals surface area contributed by atoms with Gasteiger partial charge in [0.25, 0.3) is 5.78 Å². The van der Waals surface area contributed by atoms with Gasteiger partial charge in [-0.05, 0) is 49.7 Å². The largest absolute Gasteiger partial charge is 0.507 e. The number of ether oxygens (including phenoxy) is 3. The van der Waals surface area contributed by atoms with Crippen LogP contribution in [0.5, 0.6) is 17.2 Å². The lowest BCUT2D eigenvalue weighted by Gasteiger charge is -2.23. The van der Waals surface area contributed by atoms with E-state index in [1.807, 2.05) is 6.92 Å². The van der Waals surface area contributed by atoms with Crippen molar-refractivity contribution in [2.75, 3.05) is 24.7 Å². The number of amides is 1. The third kappa shape index (κ3) is 3.75. The van der Waals surface area contributed by atoms with Gasteiger partial charge in [0.1, 0.15) is 29.7 Å². The minimum absolute atomic E-state index is 0.0429. The molecule has 2 aromatic carbocycles. The van der Waals surface area contributed by atoms with Crippen LogP contribution in [0.15, 0.2) is 48.0 Å². The van der Waals surface area contributed by atoms with Crippen LogP contribution in [0.25, 0.3) is 5.76 Å². The number of carbonyl (C=O) groups is 2. The lowest BCUT2D eigenvalue weighted by atomic mass is 9.95.